The monoisotopic (exact) mass is 299 g/mol. The van der Waals surface area contributed by atoms with Crippen LogP contribution in [0.5, 0.6) is 0 Å². The number of nitrogens with one attached hydrogen (secondary N) is 1. The highest BCUT2D eigenvalue weighted by Crippen LogP contribution is 2.18. The van der Waals surface area contributed by atoms with E-state index in [-0.39, 0.29) is 11.8 Å². The molecule has 3 rings (SSSR count). The third-order valence-electron chi connectivity index (χ3n) is 4.19. The third kappa shape index (κ3) is 3.43. The molecular weight excluding hydrogens is 278 g/mol. The normalized spacial score (nSPS) is 17.3. The van der Waals surface area contributed by atoms with Gasteiger partial charge in [0, 0.05) is 31.3 Å². The molecule has 1 amide bonds. The molecular formula is C17H21N3O2. The van der Waals surface area contributed by atoms with Crippen LogP contribution in [-0.2, 0) is 16.1 Å². The minimum atomic E-state index is -0.461. The number of nitrogens with two attached hydrogens (primary N) is 1. The van der Waals surface area contributed by atoms with Crippen molar-refractivity contribution < 1.29 is 9.53 Å². The maximum absolute atomic E-state index is 12.2. The van der Waals surface area contributed by atoms with E-state index >= 15 is 0 Å². The number of hydrogen-bond donors (Lipinski definition) is 2. The van der Waals surface area contributed by atoms with Crippen molar-refractivity contribution in [1.82, 2.24) is 10.3 Å². The van der Waals surface area contributed by atoms with E-state index < -0.39 is 6.04 Å². The number of aromatic nitrogens is 1. The van der Waals surface area contributed by atoms with Crippen LogP contribution in [0.3, 0.4) is 0 Å². The molecule has 1 atom stereocenters. The van der Waals surface area contributed by atoms with Crippen LogP contribution in [0.4, 0.5) is 0 Å². The molecule has 1 aromatic heterocycles. The van der Waals surface area contributed by atoms with Gasteiger partial charge in [-0.1, -0.05) is 18.2 Å². The molecule has 1 aromatic carbocycles. The second kappa shape index (κ2) is 6.85. The van der Waals surface area contributed by atoms with Gasteiger partial charge in [-0.2, -0.15) is 0 Å². The molecule has 0 radical (unpaired) electrons. The van der Waals surface area contributed by atoms with E-state index in [4.69, 9.17) is 10.5 Å². The van der Waals surface area contributed by atoms with E-state index in [9.17, 15) is 4.79 Å². The number of amides is 1. The highest BCUT2D eigenvalue weighted by molar-refractivity contribution is 5.82. The third-order valence-corrected chi connectivity index (χ3v) is 4.19. The topological polar surface area (TPSA) is 77.2 Å². The molecule has 1 unspecified atom stereocenters. The smallest absolute Gasteiger partial charge is 0.237 e. The summed E-state index contributed by atoms with van der Waals surface area (Å²) in [6.07, 6.45) is 3.50. The van der Waals surface area contributed by atoms with Crippen molar-refractivity contribution in [3.63, 3.8) is 0 Å². The van der Waals surface area contributed by atoms with Crippen molar-refractivity contribution in [3.8, 4) is 0 Å². The summed E-state index contributed by atoms with van der Waals surface area (Å²) >= 11 is 0. The first-order chi connectivity index (χ1) is 10.7. The summed E-state index contributed by atoms with van der Waals surface area (Å²) in [5, 5.41) is 3.99. The fourth-order valence-corrected chi connectivity index (χ4v) is 2.81. The fraction of sp³-hybridized carbons (Fsp3) is 0.412. The maximum Gasteiger partial charge on any atom is 0.237 e. The number of pyridine rings is 1. The van der Waals surface area contributed by atoms with Gasteiger partial charge in [-0.25, -0.2) is 0 Å². The predicted octanol–water partition coefficient (Wildman–Crippen LogP) is 1.60. The molecule has 1 saturated heterocycles. The highest BCUT2D eigenvalue weighted by atomic mass is 16.5. The van der Waals surface area contributed by atoms with Crippen molar-refractivity contribution in [3.05, 3.63) is 42.1 Å². The lowest BCUT2D eigenvalue weighted by atomic mass is 9.92. The molecule has 2 heterocycles. The zero-order valence-corrected chi connectivity index (χ0v) is 12.5. The Balaban J connectivity index is 1.59. The maximum atomic E-state index is 12.2. The summed E-state index contributed by atoms with van der Waals surface area (Å²) in [5.74, 6) is 0.114. The van der Waals surface area contributed by atoms with E-state index in [0.717, 1.165) is 29.3 Å². The Hall–Kier alpha value is -1.98. The zero-order valence-electron chi connectivity index (χ0n) is 12.5. The van der Waals surface area contributed by atoms with Gasteiger partial charge >= 0.3 is 0 Å². The molecule has 5 heteroatoms. The second-order valence-corrected chi connectivity index (χ2v) is 5.73. The van der Waals surface area contributed by atoms with Gasteiger partial charge in [0.2, 0.25) is 5.91 Å². The standard InChI is InChI=1S/C17H21N3O2/c18-16(13-5-7-22-8-6-13)17(21)20-11-12-9-14-3-1-2-4-15(14)19-10-12/h1-4,9-10,13,16H,5-8,11,18H2,(H,20,21). The molecule has 2 aromatic rings. The van der Waals surface area contributed by atoms with Crippen LogP contribution in [0.25, 0.3) is 10.9 Å². The number of nitrogens with zero attached hydrogens (tertiary/aromatic N) is 1. The molecule has 22 heavy (non-hydrogen) atoms. The van der Waals surface area contributed by atoms with E-state index in [0.29, 0.717) is 19.8 Å². The Kier molecular flexibility index (Phi) is 4.65. The minimum Gasteiger partial charge on any atom is -0.381 e. The van der Waals surface area contributed by atoms with Gasteiger partial charge in [-0.15, -0.1) is 0 Å². The summed E-state index contributed by atoms with van der Waals surface area (Å²) in [7, 11) is 0. The summed E-state index contributed by atoms with van der Waals surface area (Å²) in [5.41, 5.74) is 8.00. The van der Waals surface area contributed by atoms with Gasteiger partial charge in [0.05, 0.1) is 11.6 Å². The number of carbonyl (C=O) groups excluding carboxylic acids is 1. The predicted molar refractivity (Wildman–Crippen MR) is 85.1 cm³/mol. The minimum absolute atomic E-state index is 0.0972. The number of hydrogen-bond acceptors (Lipinski definition) is 4. The Labute approximate surface area is 129 Å². The van der Waals surface area contributed by atoms with Gasteiger partial charge in [-0.05, 0) is 36.5 Å². The second-order valence-electron chi connectivity index (χ2n) is 5.73. The average molecular weight is 299 g/mol. The van der Waals surface area contributed by atoms with Gasteiger partial charge in [0.15, 0.2) is 0 Å². The van der Waals surface area contributed by atoms with Crippen molar-refractivity contribution in [2.24, 2.45) is 11.7 Å². The lowest BCUT2D eigenvalue weighted by Crippen LogP contribution is -2.46. The zero-order chi connectivity index (χ0) is 15.4. The summed E-state index contributed by atoms with van der Waals surface area (Å²) in [6, 6.07) is 9.51. The SMILES string of the molecule is NC(C(=O)NCc1cnc2ccccc2c1)C1CCOCC1. The Morgan fingerprint density at radius 3 is 2.95 bits per heavy atom. The van der Waals surface area contributed by atoms with E-state index in [1.807, 2.05) is 30.3 Å². The van der Waals surface area contributed by atoms with Gasteiger partial charge in [0.25, 0.3) is 0 Å². The largest absolute Gasteiger partial charge is 0.381 e. The van der Waals surface area contributed by atoms with Crippen molar-refractivity contribution in [2.45, 2.75) is 25.4 Å². The molecule has 5 nitrogen and oxygen atoms in total. The van der Waals surface area contributed by atoms with Crippen LogP contribution in [0.15, 0.2) is 36.5 Å². The quantitative estimate of drug-likeness (QED) is 0.899. The Morgan fingerprint density at radius 2 is 2.14 bits per heavy atom. The van der Waals surface area contributed by atoms with E-state index in [2.05, 4.69) is 10.3 Å². The molecule has 1 aliphatic heterocycles. The van der Waals surface area contributed by atoms with Crippen molar-refractivity contribution >= 4 is 16.8 Å². The lowest BCUT2D eigenvalue weighted by Gasteiger charge is -2.26. The van der Waals surface area contributed by atoms with Crippen LogP contribution in [0.2, 0.25) is 0 Å². The Morgan fingerprint density at radius 1 is 1.36 bits per heavy atom. The first-order valence-corrected chi connectivity index (χ1v) is 7.69. The van der Waals surface area contributed by atoms with Crippen LogP contribution in [-0.4, -0.2) is 30.1 Å². The number of carbonyl (C=O) groups is 1. The lowest BCUT2D eigenvalue weighted by molar-refractivity contribution is -0.124. The molecule has 0 saturated carbocycles. The van der Waals surface area contributed by atoms with Crippen LogP contribution in [0, 0.1) is 5.92 Å². The first kappa shape index (κ1) is 14.9. The number of ether oxygens (including phenoxy) is 1. The molecule has 0 aliphatic carbocycles. The van der Waals surface area contributed by atoms with Gasteiger partial charge in [0.1, 0.15) is 0 Å². The number of benzene rings is 1. The molecule has 0 spiro atoms. The van der Waals surface area contributed by atoms with Crippen LogP contribution in [0.1, 0.15) is 18.4 Å². The van der Waals surface area contributed by atoms with Crippen LogP contribution < -0.4 is 11.1 Å². The Bertz CT molecular complexity index is 653. The number of fused-ring (bicyclic) bond motifs is 1. The van der Waals surface area contributed by atoms with E-state index in [1.54, 1.807) is 6.20 Å². The van der Waals surface area contributed by atoms with Crippen LogP contribution >= 0.6 is 0 Å². The van der Waals surface area contributed by atoms with Crippen molar-refractivity contribution in [2.75, 3.05) is 13.2 Å². The van der Waals surface area contributed by atoms with E-state index in [1.165, 1.54) is 0 Å². The number of rotatable bonds is 4. The molecule has 0 bridgehead atoms. The summed E-state index contributed by atoms with van der Waals surface area (Å²) in [4.78, 5) is 16.6. The van der Waals surface area contributed by atoms with Gasteiger partial charge < -0.3 is 15.8 Å². The summed E-state index contributed by atoms with van der Waals surface area (Å²) < 4.78 is 5.30. The molecule has 3 N–H and O–H groups in total. The first-order valence-electron chi connectivity index (χ1n) is 7.69. The van der Waals surface area contributed by atoms with Crippen molar-refractivity contribution in [1.29, 1.82) is 0 Å². The average Bonchev–Trinajstić information content (AvgIpc) is 2.59. The summed E-state index contributed by atoms with van der Waals surface area (Å²) in [6.45, 7) is 1.84. The van der Waals surface area contributed by atoms with Gasteiger partial charge in [-0.3, -0.25) is 9.78 Å². The highest BCUT2D eigenvalue weighted by Gasteiger charge is 2.26. The molecule has 116 valence electrons. The molecule has 1 fully saturated rings. The molecule has 1 aliphatic rings. The fourth-order valence-electron chi connectivity index (χ4n) is 2.81. The number of para-hydroxylation sites is 1.